The minimum atomic E-state index is 0.137. The van der Waals surface area contributed by atoms with Gasteiger partial charge in [0.25, 0.3) is 0 Å². The quantitative estimate of drug-likeness (QED) is 0.798. The summed E-state index contributed by atoms with van der Waals surface area (Å²) < 4.78 is 17.0. The van der Waals surface area contributed by atoms with E-state index in [0.717, 1.165) is 31.2 Å². The molecule has 4 heteroatoms. The van der Waals surface area contributed by atoms with Gasteiger partial charge in [0.2, 0.25) is 0 Å². The highest BCUT2D eigenvalue weighted by Gasteiger charge is 2.18. The van der Waals surface area contributed by atoms with E-state index in [2.05, 4.69) is 11.9 Å². The molecule has 1 aromatic carbocycles. The van der Waals surface area contributed by atoms with Gasteiger partial charge in [0, 0.05) is 13.1 Å². The molecule has 1 fully saturated rings. The highest BCUT2D eigenvalue weighted by molar-refractivity contribution is 5.39. The van der Waals surface area contributed by atoms with Gasteiger partial charge in [-0.15, -0.1) is 0 Å². The summed E-state index contributed by atoms with van der Waals surface area (Å²) in [7, 11) is 2.10. The molecule has 0 N–H and O–H groups in total. The lowest BCUT2D eigenvalue weighted by molar-refractivity contribution is -0.0406. The van der Waals surface area contributed by atoms with Gasteiger partial charge in [-0.2, -0.15) is 0 Å². The first-order valence-electron chi connectivity index (χ1n) is 6.44. The molecule has 1 aliphatic rings. The maximum atomic E-state index is 5.80. The van der Waals surface area contributed by atoms with Gasteiger partial charge in [-0.05, 0) is 26.1 Å². The number of hydrogen-bond acceptors (Lipinski definition) is 4. The summed E-state index contributed by atoms with van der Waals surface area (Å²) in [5.74, 6) is 1.58. The minimum Gasteiger partial charge on any atom is -0.490 e. The molecule has 0 unspecified atom stereocenters. The van der Waals surface area contributed by atoms with E-state index in [4.69, 9.17) is 14.2 Å². The van der Waals surface area contributed by atoms with Crippen molar-refractivity contribution in [3.05, 3.63) is 24.3 Å². The average molecular weight is 251 g/mol. The number of nitrogens with zero attached hydrogens (tertiary/aromatic N) is 1. The number of rotatable bonds is 5. The summed E-state index contributed by atoms with van der Waals surface area (Å²) in [6, 6.07) is 7.75. The predicted octanol–water partition coefficient (Wildman–Crippen LogP) is 1.79. The van der Waals surface area contributed by atoms with E-state index in [1.807, 2.05) is 31.2 Å². The van der Waals surface area contributed by atoms with Crippen LogP contribution in [0.5, 0.6) is 11.5 Å². The Morgan fingerprint density at radius 1 is 1.28 bits per heavy atom. The Balaban J connectivity index is 1.89. The average Bonchev–Trinajstić information content (AvgIpc) is 2.38. The van der Waals surface area contributed by atoms with Crippen LogP contribution in [0.2, 0.25) is 0 Å². The van der Waals surface area contributed by atoms with Gasteiger partial charge in [0.15, 0.2) is 11.5 Å². The second-order valence-electron chi connectivity index (χ2n) is 4.45. The molecule has 0 bridgehead atoms. The van der Waals surface area contributed by atoms with E-state index in [0.29, 0.717) is 13.2 Å². The first-order valence-corrected chi connectivity index (χ1v) is 6.44. The van der Waals surface area contributed by atoms with Crippen LogP contribution in [-0.4, -0.2) is 51.0 Å². The monoisotopic (exact) mass is 251 g/mol. The van der Waals surface area contributed by atoms with Crippen molar-refractivity contribution in [1.29, 1.82) is 0 Å². The molecule has 1 aromatic rings. The van der Waals surface area contributed by atoms with Crippen molar-refractivity contribution in [2.45, 2.75) is 13.0 Å². The molecule has 0 amide bonds. The fourth-order valence-corrected chi connectivity index (χ4v) is 1.99. The third kappa shape index (κ3) is 3.62. The van der Waals surface area contributed by atoms with Crippen LogP contribution >= 0.6 is 0 Å². The first-order chi connectivity index (χ1) is 8.79. The summed E-state index contributed by atoms with van der Waals surface area (Å²) >= 11 is 0. The number of morpholine rings is 1. The molecule has 1 atom stereocenters. The molecule has 0 saturated carbocycles. The third-order valence-corrected chi connectivity index (χ3v) is 2.92. The fraction of sp³-hybridized carbons (Fsp3) is 0.571. The lowest BCUT2D eigenvalue weighted by Gasteiger charge is -2.29. The summed E-state index contributed by atoms with van der Waals surface area (Å²) in [4.78, 5) is 2.26. The maximum Gasteiger partial charge on any atom is 0.161 e. The van der Waals surface area contributed by atoms with Gasteiger partial charge in [0.05, 0.1) is 13.2 Å². The van der Waals surface area contributed by atoms with Crippen LogP contribution in [0.25, 0.3) is 0 Å². The second-order valence-corrected chi connectivity index (χ2v) is 4.45. The van der Waals surface area contributed by atoms with Crippen molar-refractivity contribution in [1.82, 2.24) is 4.90 Å². The molecule has 0 radical (unpaired) electrons. The molecule has 1 heterocycles. The van der Waals surface area contributed by atoms with Crippen LogP contribution in [-0.2, 0) is 4.74 Å². The smallest absolute Gasteiger partial charge is 0.161 e. The molecule has 0 aromatic heterocycles. The van der Waals surface area contributed by atoms with E-state index >= 15 is 0 Å². The van der Waals surface area contributed by atoms with Crippen LogP contribution in [0, 0.1) is 0 Å². The fourth-order valence-electron chi connectivity index (χ4n) is 1.99. The summed E-state index contributed by atoms with van der Waals surface area (Å²) in [6.07, 6.45) is 0.137. The first kappa shape index (κ1) is 13.2. The Morgan fingerprint density at radius 3 is 2.67 bits per heavy atom. The zero-order chi connectivity index (χ0) is 12.8. The predicted molar refractivity (Wildman–Crippen MR) is 70.3 cm³/mol. The van der Waals surface area contributed by atoms with Crippen LogP contribution in [0.1, 0.15) is 6.92 Å². The lowest BCUT2D eigenvalue weighted by atomic mass is 10.3. The minimum absolute atomic E-state index is 0.137. The van der Waals surface area contributed by atoms with Gasteiger partial charge in [0.1, 0.15) is 12.7 Å². The number of para-hydroxylation sites is 2. The number of hydrogen-bond donors (Lipinski definition) is 0. The molecule has 1 aliphatic heterocycles. The lowest BCUT2D eigenvalue weighted by Crippen LogP contribution is -2.42. The summed E-state index contributed by atoms with van der Waals surface area (Å²) in [6.45, 7) is 5.86. The van der Waals surface area contributed by atoms with E-state index in [1.165, 1.54) is 0 Å². The number of benzene rings is 1. The number of likely N-dealkylation sites (N-methyl/N-ethyl adjacent to an activating group) is 1. The van der Waals surface area contributed by atoms with Crippen molar-refractivity contribution in [2.75, 3.05) is 40.0 Å². The van der Waals surface area contributed by atoms with E-state index in [9.17, 15) is 0 Å². The summed E-state index contributed by atoms with van der Waals surface area (Å²) in [5.41, 5.74) is 0. The highest BCUT2D eigenvalue weighted by atomic mass is 16.5. The Labute approximate surface area is 108 Å². The third-order valence-electron chi connectivity index (χ3n) is 2.92. The topological polar surface area (TPSA) is 30.9 Å². The molecular weight excluding hydrogens is 230 g/mol. The Hall–Kier alpha value is -1.26. The SMILES string of the molecule is CCOc1ccccc1OC[C@@H]1CN(C)CCO1. The van der Waals surface area contributed by atoms with Crippen molar-refractivity contribution in [3.63, 3.8) is 0 Å². The second kappa shape index (κ2) is 6.61. The van der Waals surface area contributed by atoms with Crippen molar-refractivity contribution in [3.8, 4) is 11.5 Å². The Bertz CT molecular complexity index is 370. The van der Waals surface area contributed by atoms with Crippen LogP contribution in [0.4, 0.5) is 0 Å². The Morgan fingerprint density at radius 2 is 2.00 bits per heavy atom. The maximum absolute atomic E-state index is 5.80. The Kier molecular flexibility index (Phi) is 4.84. The van der Waals surface area contributed by atoms with E-state index in [-0.39, 0.29) is 6.10 Å². The van der Waals surface area contributed by atoms with Crippen LogP contribution in [0.3, 0.4) is 0 Å². The molecule has 2 rings (SSSR count). The molecule has 18 heavy (non-hydrogen) atoms. The van der Waals surface area contributed by atoms with Gasteiger partial charge in [-0.1, -0.05) is 12.1 Å². The number of ether oxygens (including phenoxy) is 3. The van der Waals surface area contributed by atoms with E-state index in [1.54, 1.807) is 0 Å². The zero-order valence-corrected chi connectivity index (χ0v) is 11.1. The molecule has 4 nitrogen and oxygen atoms in total. The molecular formula is C14H21NO3. The van der Waals surface area contributed by atoms with Crippen LogP contribution < -0.4 is 9.47 Å². The van der Waals surface area contributed by atoms with Crippen molar-refractivity contribution >= 4 is 0 Å². The zero-order valence-electron chi connectivity index (χ0n) is 11.1. The van der Waals surface area contributed by atoms with Gasteiger partial charge in [-0.3, -0.25) is 0 Å². The van der Waals surface area contributed by atoms with Gasteiger partial charge < -0.3 is 19.1 Å². The molecule has 100 valence electrons. The summed E-state index contributed by atoms with van der Waals surface area (Å²) in [5, 5.41) is 0. The molecule has 1 saturated heterocycles. The molecule has 0 spiro atoms. The van der Waals surface area contributed by atoms with Crippen LogP contribution in [0.15, 0.2) is 24.3 Å². The highest BCUT2D eigenvalue weighted by Crippen LogP contribution is 2.26. The standard InChI is InChI=1S/C14H21NO3/c1-3-16-13-6-4-5-7-14(13)18-11-12-10-15(2)8-9-17-12/h4-7,12H,3,8-11H2,1-2H3/t12-/m0/s1. The normalized spacial score (nSPS) is 20.7. The van der Waals surface area contributed by atoms with Gasteiger partial charge >= 0.3 is 0 Å². The van der Waals surface area contributed by atoms with Crippen molar-refractivity contribution < 1.29 is 14.2 Å². The molecule has 0 aliphatic carbocycles. The van der Waals surface area contributed by atoms with E-state index < -0.39 is 0 Å². The van der Waals surface area contributed by atoms with Gasteiger partial charge in [-0.25, -0.2) is 0 Å². The van der Waals surface area contributed by atoms with Crippen molar-refractivity contribution in [2.24, 2.45) is 0 Å². The largest absolute Gasteiger partial charge is 0.490 e.